The number of benzene rings is 5. The van der Waals surface area contributed by atoms with Gasteiger partial charge in [0, 0.05) is 28.2 Å². The summed E-state index contributed by atoms with van der Waals surface area (Å²) in [6.07, 6.45) is 3.38. The molecule has 6 rings (SSSR count). The minimum atomic E-state index is 0.615. The molecule has 176 valence electrons. The summed E-state index contributed by atoms with van der Waals surface area (Å²) in [5.41, 5.74) is 14.1. The molecule has 6 aromatic rings. The number of hydrogen-bond donors (Lipinski definition) is 1. The van der Waals surface area contributed by atoms with Gasteiger partial charge in [0.1, 0.15) is 0 Å². The van der Waals surface area contributed by atoms with E-state index in [1.807, 2.05) is 18.2 Å². The second-order valence-electron chi connectivity index (χ2n) is 9.23. The van der Waals surface area contributed by atoms with Crippen molar-refractivity contribution in [3.05, 3.63) is 133 Å². The van der Waals surface area contributed by atoms with Crippen LogP contribution in [0.3, 0.4) is 0 Å². The summed E-state index contributed by atoms with van der Waals surface area (Å²) in [4.78, 5) is 0. The normalized spacial score (nSPS) is 12.3. The number of allylic oxidation sites excluding steroid dienone is 3. The Kier molecular flexibility index (Phi) is 5.56. The lowest BCUT2D eigenvalue weighted by Crippen LogP contribution is -1.93. The summed E-state index contributed by atoms with van der Waals surface area (Å²) in [5.74, 6) is 0. The van der Waals surface area contributed by atoms with Crippen molar-refractivity contribution in [1.29, 1.82) is 5.26 Å². The van der Waals surface area contributed by atoms with Crippen molar-refractivity contribution in [3.63, 3.8) is 0 Å². The predicted octanol–water partition coefficient (Wildman–Crippen LogP) is 8.37. The van der Waals surface area contributed by atoms with Crippen LogP contribution in [0, 0.1) is 11.3 Å². The maximum atomic E-state index is 9.22. The lowest BCUT2D eigenvalue weighted by Gasteiger charge is -2.09. The van der Waals surface area contributed by atoms with Crippen molar-refractivity contribution < 1.29 is 0 Å². The predicted molar refractivity (Wildman–Crippen MR) is 155 cm³/mol. The molecular weight excluding hydrogens is 450 g/mol. The van der Waals surface area contributed by atoms with Gasteiger partial charge in [0.05, 0.1) is 17.1 Å². The van der Waals surface area contributed by atoms with Crippen molar-refractivity contribution in [2.45, 2.75) is 6.92 Å². The summed E-state index contributed by atoms with van der Waals surface area (Å²) < 4.78 is 2.35. The summed E-state index contributed by atoms with van der Waals surface area (Å²) in [5, 5.41) is 14.2. The van der Waals surface area contributed by atoms with Crippen LogP contribution in [0.25, 0.3) is 55.0 Å². The van der Waals surface area contributed by atoms with Gasteiger partial charge in [0.15, 0.2) is 0 Å². The minimum Gasteiger partial charge on any atom is -0.404 e. The van der Waals surface area contributed by atoms with Crippen molar-refractivity contribution in [1.82, 2.24) is 4.57 Å². The molecule has 37 heavy (non-hydrogen) atoms. The zero-order valence-corrected chi connectivity index (χ0v) is 20.5. The molecule has 0 radical (unpaired) electrons. The van der Waals surface area contributed by atoms with Crippen molar-refractivity contribution in [2.24, 2.45) is 5.73 Å². The Morgan fingerprint density at radius 2 is 1.51 bits per heavy atom. The van der Waals surface area contributed by atoms with E-state index in [1.165, 1.54) is 32.6 Å². The lowest BCUT2D eigenvalue weighted by atomic mass is 9.96. The van der Waals surface area contributed by atoms with Gasteiger partial charge in [-0.3, -0.25) is 0 Å². The number of aromatic nitrogens is 1. The number of nitrogens with zero attached hydrogens (tertiary/aromatic N) is 2. The molecule has 0 spiro atoms. The van der Waals surface area contributed by atoms with Gasteiger partial charge >= 0.3 is 0 Å². The van der Waals surface area contributed by atoms with E-state index >= 15 is 0 Å². The maximum absolute atomic E-state index is 9.22. The van der Waals surface area contributed by atoms with Crippen molar-refractivity contribution in [3.8, 4) is 22.9 Å². The fourth-order valence-corrected chi connectivity index (χ4v) is 5.20. The third-order valence-electron chi connectivity index (χ3n) is 6.93. The van der Waals surface area contributed by atoms with Crippen LogP contribution in [0.5, 0.6) is 0 Å². The highest BCUT2D eigenvalue weighted by atomic mass is 15.0. The summed E-state index contributed by atoms with van der Waals surface area (Å²) in [7, 11) is 0. The van der Waals surface area contributed by atoms with E-state index in [1.54, 1.807) is 13.1 Å². The highest BCUT2D eigenvalue weighted by molar-refractivity contribution is 6.21. The quantitative estimate of drug-likeness (QED) is 0.206. The van der Waals surface area contributed by atoms with Crippen LogP contribution in [0.2, 0.25) is 0 Å². The summed E-state index contributed by atoms with van der Waals surface area (Å²) >= 11 is 0. The molecule has 3 nitrogen and oxygen atoms in total. The Balaban J connectivity index is 1.61. The number of nitrogens with two attached hydrogens (primary N) is 1. The monoisotopic (exact) mass is 475 g/mol. The van der Waals surface area contributed by atoms with Crippen LogP contribution in [0.15, 0.2) is 127 Å². The van der Waals surface area contributed by atoms with Gasteiger partial charge in [0.25, 0.3) is 0 Å². The standard InChI is InChI=1S/C34H25N3/c1-23(21-35)18-28(22-36)26-10-7-9-25(19-26)27-15-16-32-31(20-27)34-30-13-6-5-8-24(30)14-17-33(34)37(32)29-11-3-2-4-12-29/h2-20,22H,36H2,1H3/b23-18+,28-22+. The molecule has 0 aliphatic carbocycles. The molecule has 0 atom stereocenters. The second-order valence-corrected chi connectivity index (χ2v) is 9.23. The highest BCUT2D eigenvalue weighted by Crippen LogP contribution is 2.39. The van der Waals surface area contributed by atoms with Gasteiger partial charge in [-0.2, -0.15) is 5.26 Å². The zero-order valence-electron chi connectivity index (χ0n) is 20.5. The number of hydrogen-bond acceptors (Lipinski definition) is 2. The van der Waals surface area contributed by atoms with Crippen LogP contribution in [0.4, 0.5) is 0 Å². The number of fused-ring (bicyclic) bond motifs is 5. The molecule has 0 saturated heterocycles. The highest BCUT2D eigenvalue weighted by Gasteiger charge is 2.15. The third kappa shape index (κ3) is 3.86. The summed E-state index contributed by atoms with van der Waals surface area (Å²) in [6, 6.07) is 40.7. The van der Waals surface area contributed by atoms with E-state index in [0.717, 1.165) is 28.0 Å². The van der Waals surface area contributed by atoms with Crippen molar-refractivity contribution >= 4 is 38.2 Å². The molecule has 5 aromatic carbocycles. The van der Waals surface area contributed by atoms with E-state index < -0.39 is 0 Å². The third-order valence-corrected chi connectivity index (χ3v) is 6.93. The van der Waals surface area contributed by atoms with Crippen molar-refractivity contribution in [2.75, 3.05) is 0 Å². The van der Waals surface area contributed by atoms with E-state index in [-0.39, 0.29) is 0 Å². The largest absolute Gasteiger partial charge is 0.404 e. The van der Waals surface area contributed by atoms with Gasteiger partial charge in [0.2, 0.25) is 0 Å². The number of para-hydroxylation sites is 1. The van der Waals surface area contributed by atoms with Gasteiger partial charge in [-0.15, -0.1) is 0 Å². The van der Waals surface area contributed by atoms with Crippen LogP contribution in [-0.2, 0) is 0 Å². The molecule has 0 bridgehead atoms. The Morgan fingerprint density at radius 3 is 2.32 bits per heavy atom. The molecule has 0 amide bonds. The molecule has 0 aliphatic heterocycles. The SMILES string of the molecule is C/C(C#N)=C\C(=C/N)c1cccc(-c2ccc3c(c2)c2c4ccccc4ccc2n3-c2ccccc2)c1. The van der Waals surface area contributed by atoms with Gasteiger partial charge < -0.3 is 10.3 Å². The van der Waals surface area contributed by atoms with E-state index in [9.17, 15) is 5.26 Å². The first-order valence-corrected chi connectivity index (χ1v) is 12.3. The molecule has 0 saturated carbocycles. The fourth-order valence-electron chi connectivity index (χ4n) is 5.20. The van der Waals surface area contributed by atoms with E-state index in [4.69, 9.17) is 5.73 Å². The Hall–Kier alpha value is -5.07. The molecule has 1 heterocycles. The first kappa shape index (κ1) is 22.4. The van der Waals surface area contributed by atoms with E-state index in [0.29, 0.717) is 5.57 Å². The Labute approximate surface area is 216 Å². The summed E-state index contributed by atoms with van der Waals surface area (Å²) in [6.45, 7) is 1.79. The fraction of sp³-hybridized carbons (Fsp3) is 0.0294. The lowest BCUT2D eigenvalue weighted by molar-refractivity contribution is 1.18. The Bertz CT molecular complexity index is 1900. The van der Waals surface area contributed by atoms with Gasteiger partial charge in [-0.1, -0.05) is 72.8 Å². The molecular formula is C34H25N3. The Morgan fingerprint density at radius 1 is 0.757 bits per heavy atom. The molecule has 1 aromatic heterocycles. The molecule has 3 heteroatoms. The van der Waals surface area contributed by atoms with E-state index in [2.05, 4.69) is 108 Å². The molecule has 2 N–H and O–H groups in total. The van der Waals surface area contributed by atoms with Crippen LogP contribution in [0.1, 0.15) is 12.5 Å². The van der Waals surface area contributed by atoms with Gasteiger partial charge in [-0.25, -0.2) is 0 Å². The van der Waals surface area contributed by atoms with Crippen LogP contribution < -0.4 is 5.73 Å². The minimum absolute atomic E-state index is 0.615. The van der Waals surface area contributed by atoms with Gasteiger partial charge in [-0.05, 0) is 82.4 Å². The average Bonchev–Trinajstić information content (AvgIpc) is 3.30. The molecule has 0 aliphatic rings. The zero-order chi connectivity index (χ0) is 25.4. The maximum Gasteiger partial charge on any atom is 0.0944 e. The van der Waals surface area contributed by atoms with Crippen LogP contribution >= 0.6 is 0 Å². The average molecular weight is 476 g/mol. The molecule has 0 unspecified atom stereocenters. The number of nitriles is 1. The second kappa shape index (κ2) is 9.18. The molecule has 0 fully saturated rings. The van der Waals surface area contributed by atoms with Crippen LogP contribution in [-0.4, -0.2) is 4.57 Å². The number of rotatable bonds is 4. The first-order chi connectivity index (χ1) is 18.2. The smallest absolute Gasteiger partial charge is 0.0944 e. The topological polar surface area (TPSA) is 54.7 Å². The first-order valence-electron chi connectivity index (χ1n) is 12.3.